The highest BCUT2D eigenvalue weighted by atomic mass is 15.2. The molecule has 0 spiro atoms. The Hall–Kier alpha value is -2.61. The lowest BCUT2D eigenvalue weighted by Gasteiger charge is -2.23. The van der Waals surface area contributed by atoms with E-state index in [0.29, 0.717) is 11.5 Å². The van der Waals surface area contributed by atoms with E-state index >= 15 is 0 Å². The lowest BCUT2D eigenvalue weighted by atomic mass is 10.2. The summed E-state index contributed by atoms with van der Waals surface area (Å²) >= 11 is 0. The van der Waals surface area contributed by atoms with Crippen molar-refractivity contribution in [3.8, 4) is 6.07 Å². The second-order valence-electron chi connectivity index (χ2n) is 5.46. The summed E-state index contributed by atoms with van der Waals surface area (Å²) in [5.41, 5.74) is 2.21. The Kier molecular flexibility index (Phi) is 5.93. The van der Waals surface area contributed by atoms with E-state index in [0.717, 1.165) is 43.1 Å². The highest BCUT2D eigenvalue weighted by Gasteiger charge is 2.10. The van der Waals surface area contributed by atoms with Crippen molar-refractivity contribution in [1.29, 1.82) is 5.26 Å². The topological polar surface area (TPSA) is 64.8 Å². The van der Waals surface area contributed by atoms with Crippen LogP contribution in [0, 0.1) is 18.3 Å². The van der Waals surface area contributed by atoms with Gasteiger partial charge in [-0.3, -0.25) is 0 Å². The second-order valence-corrected chi connectivity index (χ2v) is 5.46. The summed E-state index contributed by atoms with van der Waals surface area (Å²) < 4.78 is 0. The smallest absolute Gasteiger partial charge is 0.229 e. The van der Waals surface area contributed by atoms with Crippen molar-refractivity contribution in [2.75, 3.05) is 23.3 Å². The molecule has 5 heteroatoms. The first-order valence-electron chi connectivity index (χ1n) is 8.04. The Labute approximate surface area is 138 Å². The minimum absolute atomic E-state index is 0.528. The average molecular weight is 309 g/mol. The van der Waals surface area contributed by atoms with Gasteiger partial charge in [-0.1, -0.05) is 26.0 Å². The van der Waals surface area contributed by atoms with E-state index in [9.17, 15) is 5.26 Å². The molecule has 0 fully saturated rings. The maximum atomic E-state index is 9.19. The van der Waals surface area contributed by atoms with Crippen molar-refractivity contribution in [3.63, 3.8) is 0 Å². The molecule has 1 N–H and O–H groups in total. The summed E-state index contributed by atoms with van der Waals surface area (Å²) in [5, 5.41) is 12.4. The van der Waals surface area contributed by atoms with E-state index in [-0.39, 0.29) is 0 Å². The van der Waals surface area contributed by atoms with Crippen molar-refractivity contribution in [1.82, 2.24) is 9.97 Å². The maximum absolute atomic E-state index is 9.19. The van der Waals surface area contributed by atoms with E-state index in [1.165, 1.54) is 0 Å². The molecule has 2 aromatic rings. The Balaban J connectivity index is 2.31. The SMILES string of the molecule is CCCN(CCC)c1cc(C)nc(Nc2ccccc2C#N)n1. The molecular weight excluding hydrogens is 286 g/mol. The van der Waals surface area contributed by atoms with Gasteiger partial charge in [0.05, 0.1) is 11.3 Å². The highest BCUT2D eigenvalue weighted by Crippen LogP contribution is 2.21. The molecule has 0 bridgehead atoms. The zero-order valence-electron chi connectivity index (χ0n) is 14.0. The van der Waals surface area contributed by atoms with Crippen molar-refractivity contribution >= 4 is 17.5 Å². The van der Waals surface area contributed by atoms with E-state index in [1.54, 1.807) is 6.07 Å². The van der Waals surface area contributed by atoms with Gasteiger partial charge in [0, 0.05) is 24.8 Å². The lowest BCUT2D eigenvalue weighted by molar-refractivity contribution is 0.732. The van der Waals surface area contributed by atoms with Gasteiger partial charge >= 0.3 is 0 Å². The predicted octanol–water partition coefficient (Wildman–Crippen LogP) is 4.03. The monoisotopic (exact) mass is 309 g/mol. The standard InChI is InChI=1S/C18H23N5/c1-4-10-23(11-5-2)17-12-14(3)20-18(22-17)21-16-9-7-6-8-15(16)13-19/h6-9,12H,4-5,10-11H2,1-3H3,(H,20,21,22). The number of benzene rings is 1. The molecule has 2 rings (SSSR count). The number of anilines is 3. The van der Waals surface area contributed by atoms with Gasteiger partial charge in [0.1, 0.15) is 11.9 Å². The summed E-state index contributed by atoms with van der Waals surface area (Å²) in [6.07, 6.45) is 2.14. The number of aryl methyl sites for hydroxylation is 1. The third-order valence-electron chi connectivity index (χ3n) is 3.45. The first-order chi connectivity index (χ1) is 11.2. The molecule has 0 amide bonds. The van der Waals surface area contributed by atoms with Crippen LogP contribution < -0.4 is 10.2 Å². The molecule has 0 atom stereocenters. The molecule has 0 aliphatic rings. The first-order valence-corrected chi connectivity index (χ1v) is 8.04. The number of nitrogens with zero attached hydrogens (tertiary/aromatic N) is 4. The molecule has 0 radical (unpaired) electrons. The predicted molar refractivity (Wildman–Crippen MR) is 94.0 cm³/mol. The van der Waals surface area contributed by atoms with Gasteiger partial charge in [0.2, 0.25) is 5.95 Å². The number of hydrogen-bond acceptors (Lipinski definition) is 5. The van der Waals surface area contributed by atoms with Gasteiger partial charge in [-0.25, -0.2) is 4.98 Å². The molecule has 0 aliphatic heterocycles. The van der Waals surface area contributed by atoms with E-state index in [2.05, 4.69) is 40.1 Å². The van der Waals surface area contributed by atoms with Crippen LogP contribution in [0.5, 0.6) is 0 Å². The Morgan fingerprint density at radius 3 is 2.48 bits per heavy atom. The van der Waals surface area contributed by atoms with Crippen molar-refractivity contribution in [3.05, 3.63) is 41.6 Å². The summed E-state index contributed by atoms with van der Waals surface area (Å²) in [6.45, 7) is 8.23. The molecule has 1 aromatic carbocycles. The van der Waals surface area contributed by atoms with E-state index in [1.807, 2.05) is 31.2 Å². The van der Waals surface area contributed by atoms with Gasteiger partial charge in [-0.05, 0) is 31.9 Å². The van der Waals surface area contributed by atoms with Crippen LogP contribution in [0.2, 0.25) is 0 Å². The molecule has 0 aliphatic carbocycles. The maximum Gasteiger partial charge on any atom is 0.229 e. The number of aromatic nitrogens is 2. The van der Waals surface area contributed by atoms with Crippen LogP contribution in [0.25, 0.3) is 0 Å². The van der Waals surface area contributed by atoms with Crippen LogP contribution in [0.3, 0.4) is 0 Å². The Bertz CT molecular complexity index is 684. The molecule has 0 saturated heterocycles. The van der Waals surface area contributed by atoms with Crippen LogP contribution in [0.4, 0.5) is 17.5 Å². The van der Waals surface area contributed by atoms with Crippen LogP contribution in [-0.2, 0) is 0 Å². The summed E-state index contributed by atoms with van der Waals surface area (Å²) in [6, 6.07) is 11.6. The number of nitrogens with one attached hydrogen (secondary N) is 1. The minimum atomic E-state index is 0.528. The first kappa shape index (κ1) is 16.8. The number of rotatable bonds is 7. The van der Waals surface area contributed by atoms with Crippen LogP contribution in [-0.4, -0.2) is 23.1 Å². The molecule has 120 valence electrons. The van der Waals surface area contributed by atoms with Crippen molar-refractivity contribution in [2.45, 2.75) is 33.6 Å². The zero-order valence-corrected chi connectivity index (χ0v) is 14.0. The summed E-state index contributed by atoms with van der Waals surface area (Å²) in [5.74, 6) is 1.46. The molecule has 1 aromatic heterocycles. The van der Waals surface area contributed by atoms with Crippen LogP contribution >= 0.6 is 0 Å². The number of para-hydroxylation sites is 1. The zero-order chi connectivity index (χ0) is 16.7. The van der Waals surface area contributed by atoms with Gasteiger partial charge in [0.15, 0.2) is 0 Å². The van der Waals surface area contributed by atoms with E-state index < -0.39 is 0 Å². The quantitative estimate of drug-likeness (QED) is 0.836. The molecule has 23 heavy (non-hydrogen) atoms. The van der Waals surface area contributed by atoms with Gasteiger partial charge < -0.3 is 10.2 Å². The lowest BCUT2D eigenvalue weighted by Crippen LogP contribution is -2.26. The van der Waals surface area contributed by atoms with Gasteiger partial charge in [-0.2, -0.15) is 10.2 Å². The van der Waals surface area contributed by atoms with E-state index in [4.69, 9.17) is 0 Å². The molecule has 0 saturated carbocycles. The molecular formula is C18H23N5. The Morgan fingerprint density at radius 2 is 1.83 bits per heavy atom. The van der Waals surface area contributed by atoms with Gasteiger partial charge in [0.25, 0.3) is 0 Å². The number of nitriles is 1. The third kappa shape index (κ3) is 4.43. The van der Waals surface area contributed by atoms with Gasteiger partial charge in [-0.15, -0.1) is 0 Å². The fourth-order valence-corrected chi connectivity index (χ4v) is 2.46. The molecule has 1 heterocycles. The third-order valence-corrected chi connectivity index (χ3v) is 3.45. The van der Waals surface area contributed by atoms with Crippen molar-refractivity contribution in [2.24, 2.45) is 0 Å². The number of hydrogen-bond donors (Lipinski definition) is 1. The molecule has 0 unspecified atom stereocenters. The summed E-state index contributed by atoms with van der Waals surface area (Å²) in [4.78, 5) is 11.4. The van der Waals surface area contributed by atoms with Crippen LogP contribution in [0.15, 0.2) is 30.3 Å². The minimum Gasteiger partial charge on any atom is -0.356 e. The normalized spacial score (nSPS) is 10.2. The average Bonchev–Trinajstić information content (AvgIpc) is 2.54. The molecule has 5 nitrogen and oxygen atoms in total. The highest BCUT2D eigenvalue weighted by molar-refractivity contribution is 5.63. The second kappa shape index (κ2) is 8.14. The largest absolute Gasteiger partial charge is 0.356 e. The summed E-state index contributed by atoms with van der Waals surface area (Å²) in [7, 11) is 0. The van der Waals surface area contributed by atoms with Crippen molar-refractivity contribution < 1.29 is 0 Å². The fraction of sp³-hybridized carbons (Fsp3) is 0.389. The Morgan fingerprint density at radius 1 is 1.13 bits per heavy atom. The van der Waals surface area contributed by atoms with Crippen LogP contribution in [0.1, 0.15) is 37.9 Å². The fourth-order valence-electron chi connectivity index (χ4n) is 2.46.